The molecule has 1 atom stereocenters. The second kappa shape index (κ2) is 6.77. The van der Waals surface area contributed by atoms with Crippen LogP contribution in [-0.4, -0.2) is 42.3 Å². The highest BCUT2D eigenvalue weighted by Crippen LogP contribution is 2.17. The first kappa shape index (κ1) is 15.8. The third-order valence-electron chi connectivity index (χ3n) is 2.50. The van der Waals surface area contributed by atoms with Crippen LogP contribution in [0.3, 0.4) is 0 Å². The molecule has 0 heterocycles. The van der Waals surface area contributed by atoms with Crippen LogP contribution < -0.4 is 10.1 Å². The van der Waals surface area contributed by atoms with Gasteiger partial charge in [0.25, 0.3) is 5.91 Å². The lowest BCUT2D eigenvalue weighted by atomic mass is 10.1. The Morgan fingerprint density at radius 1 is 1.58 bits per heavy atom. The molecule has 0 aliphatic rings. The van der Waals surface area contributed by atoms with Crippen LogP contribution in [-0.2, 0) is 0 Å². The molecule has 0 saturated heterocycles. The smallest absolute Gasteiger partial charge is 0.251 e. The number of benzene rings is 1. The molecule has 0 aliphatic heterocycles. The second-order valence-electron chi connectivity index (χ2n) is 4.46. The first-order valence-corrected chi connectivity index (χ1v) is 7.12. The van der Waals surface area contributed by atoms with Crippen LogP contribution in [0.25, 0.3) is 0 Å². The largest absolute Gasteiger partial charge is 0.494 e. The van der Waals surface area contributed by atoms with Crippen LogP contribution in [0.5, 0.6) is 5.75 Å². The van der Waals surface area contributed by atoms with E-state index in [1.165, 1.54) is 31.0 Å². The summed E-state index contributed by atoms with van der Waals surface area (Å²) < 4.78 is 18.2. The minimum absolute atomic E-state index is 0.0888. The van der Waals surface area contributed by atoms with Gasteiger partial charge in [-0.25, -0.2) is 4.39 Å². The number of thioether (sulfide) groups is 1. The number of halogens is 1. The van der Waals surface area contributed by atoms with Crippen molar-refractivity contribution in [2.75, 3.05) is 25.7 Å². The van der Waals surface area contributed by atoms with Gasteiger partial charge in [-0.1, -0.05) is 0 Å². The van der Waals surface area contributed by atoms with Gasteiger partial charge in [-0.3, -0.25) is 4.79 Å². The van der Waals surface area contributed by atoms with Gasteiger partial charge in [0.1, 0.15) is 0 Å². The van der Waals surface area contributed by atoms with E-state index in [9.17, 15) is 14.3 Å². The average molecular weight is 287 g/mol. The zero-order valence-electron chi connectivity index (χ0n) is 11.2. The number of carbonyl (C=O) groups is 1. The standard InChI is InChI=1S/C13H18FNO3S/c1-13(17,8-19-3)7-15-12(16)9-4-5-11(18-2)10(14)6-9/h4-6,17H,7-8H2,1-3H3,(H,15,16)/t13-/m1/s1. The number of nitrogens with one attached hydrogen (secondary N) is 1. The Morgan fingerprint density at radius 3 is 2.79 bits per heavy atom. The molecular formula is C13H18FNO3S. The van der Waals surface area contributed by atoms with Gasteiger partial charge in [0.15, 0.2) is 11.6 Å². The topological polar surface area (TPSA) is 58.6 Å². The van der Waals surface area contributed by atoms with E-state index in [0.717, 1.165) is 6.07 Å². The van der Waals surface area contributed by atoms with Crippen LogP contribution in [0, 0.1) is 5.82 Å². The molecule has 6 heteroatoms. The second-order valence-corrected chi connectivity index (χ2v) is 5.33. The Bertz CT molecular complexity index is 452. The number of methoxy groups -OCH3 is 1. The first-order valence-electron chi connectivity index (χ1n) is 5.72. The number of hydrogen-bond acceptors (Lipinski definition) is 4. The van der Waals surface area contributed by atoms with E-state index in [4.69, 9.17) is 4.74 Å². The maximum absolute atomic E-state index is 13.4. The zero-order chi connectivity index (χ0) is 14.5. The quantitative estimate of drug-likeness (QED) is 0.836. The Kier molecular flexibility index (Phi) is 5.62. The highest BCUT2D eigenvalue weighted by Gasteiger charge is 2.21. The number of amides is 1. The Morgan fingerprint density at radius 2 is 2.26 bits per heavy atom. The summed E-state index contributed by atoms with van der Waals surface area (Å²) in [6, 6.07) is 3.97. The predicted molar refractivity (Wildman–Crippen MR) is 74.3 cm³/mol. The summed E-state index contributed by atoms with van der Waals surface area (Å²) in [5, 5.41) is 12.5. The summed E-state index contributed by atoms with van der Waals surface area (Å²) in [6.45, 7) is 1.75. The van der Waals surface area contributed by atoms with Crippen molar-refractivity contribution in [1.82, 2.24) is 5.32 Å². The van der Waals surface area contributed by atoms with Gasteiger partial charge < -0.3 is 15.2 Å². The molecular weight excluding hydrogens is 269 g/mol. The Balaban J connectivity index is 2.66. The molecule has 0 aliphatic carbocycles. The summed E-state index contributed by atoms with van der Waals surface area (Å²) >= 11 is 1.49. The Hall–Kier alpha value is -1.27. The molecule has 0 saturated carbocycles. The summed E-state index contributed by atoms with van der Waals surface area (Å²) in [5.74, 6) is -0.426. The summed E-state index contributed by atoms with van der Waals surface area (Å²) in [6.07, 6.45) is 1.87. The van der Waals surface area contributed by atoms with Crippen LogP contribution in [0.15, 0.2) is 18.2 Å². The monoisotopic (exact) mass is 287 g/mol. The van der Waals surface area contributed by atoms with Crippen molar-refractivity contribution in [3.63, 3.8) is 0 Å². The molecule has 4 nitrogen and oxygen atoms in total. The summed E-state index contributed by atoms with van der Waals surface area (Å²) in [7, 11) is 1.36. The van der Waals surface area contributed by atoms with Crippen molar-refractivity contribution < 1.29 is 19.0 Å². The molecule has 0 fully saturated rings. The minimum Gasteiger partial charge on any atom is -0.494 e. The molecule has 0 unspecified atom stereocenters. The van der Waals surface area contributed by atoms with E-state index < -0.39 is 17.3 Å². The number of hydrogen-bond donors (Lipinski definition) is 2. The van der Waals surface area contributed by atoms with E-state index in [-0.39, 0.29) is 17.9 Å². The van der Waals surface area contributed by atoms with E-state index in [1.807, 2.05) is 6.26 Å². The highest BCUT2D eigenvalue weighted by molar-refractivity contribution is 7.98. The van der Waals surface area contributed by atoms with Crippen LogP contribution in [0.4, 0.5) is 4.39 Å². The average Bonchev–Trinajstić information content (AvgIpc) is 2.36. The maximum atomic E-state index is 13.4. The summed E-state index contributed by atoms with van der Waals surface area (Å²) in [4.78, 5) is 11.8. The van der Waals surface area contributed by atoms with Crippen LogP contribution >= 0.6 is 11.8 Å². The lowest BCUT2D eigenvalue weighted by molar-refractivity contribution is 0.0725. The molecule has 1 amide bonds. The van der Waals surface area contributed by atoms with E-state index in [2.05, 4.69) is 5.32 Å². The number of carbonyl (C=O) groups excluding carboxylic acids is 1. The van der Waals surface area contributed by atoms with Gasteiger partial charge in [-0.05, 0) is 31.4 Å². The fraction of sp³-hybridized carbons (Fsp3) is 0.462. The Labute approximate surface area is 116 Å². The molecule has 1 aromatic carbocycles. The molecule has 106 valence electrons. The number of aliphatic hydroxyl groups is 1. The molecule has 19 heavy (non-hydrogen) atoms. The lowest BCUT2D eigenvalue weighted by Gasteiger charge is -2.22. The van der Waals surface area contributed by atoms with Crippen LogP contribution in [0.1, 0.15) is 17.3 Å². The van der Waals surface area contributed by atoms with Crippen LogP contribution in [0.2, 0.25) is 0 Å². The molecule has 1 aromatic rings. The SMILES string of the molecule is COc1ccc(C(=O)NC[C@@](C)(O)CSC)cc1F. The van der Waals surface area contributed by atoms with E-state index >= 15 is 0 Å². The van der Waals surface area contributed by atoms with Crippen molar-refractivity contribution >= 4 is 17.7 Å². The van der Waals surface area contributed by atoms with Crippen molar-refractivity contribution in [3.05, 3.63) is 29.6 Å². The van der Waals surface area contributed by atoms with Gasteiger partial charge in [0.2, 0.25) is 0 Å². The van der Waals surface area contributed by atoms with Gasteiger partial charge in [0, 0.05) is 17.9 Å². The normalized spacial score (nSPS) is 13.7. The number of ether oxygens (including phenoxy) is 1. The maximum Gasteiger partial charge on any atom is 0.251 e. The molecule has 0 radical (unpaired) electrons. The van der Waals surface area contributed by atoms with Crippen molar-refractivity contribution in [3.8, 4) is 5.75 Å². The van der Waals surface area contributed by atoms with Crippen molar-refractivity contribution in [1.29, 1.82) is 0 Å². The van der Waals surface area contributed by atoms with Gasteiger partial charge in [-0.2, -0.15) is 11.8 Å². The fourth-order valence-corrected chi connectivity index (χ4v) is 2.27. The van der Waals surface area contributed by atoms with Crippen molar-refractivity contribution in [2.24, 2.45) is 0 Å². The lowest BCUT2D eigenvalue weighted by Crippen LogP contribution is -2.42. The third-order valence-corrected chi connectivity index (χ3v) is 3.41. The van der Waals surface area contributed by atoms with E-state index in [1.54, 1.807) is 6.92 Å². The molecule has 1 rings (SSSR count). The molecule has 0 aromatic heterocycles. The first-order chi connectivity index (χ1) is 8.89. The van der Waals surface area contributed by atoms with E-state index in [0.29, 0.717) is 5.75 Å². The predicted octanol–water partition coefficient (Wildman–Crippen LogP) is 1.68. The van der Waals surface area contributed by atoms with Crippen molar-refractivity contribution in [2.45, 2.75) is 12.5 Å². The number of rotatable bonds is 6. The molecule has 0 bridgehead atoms. The van der Waals surface area contributed by atoms with Gasteiger partial charge in [0.05, 0.1) is 12.7 Å². The summed E-state index contributed by atoms with van der Waals surface area (Å²) in [5.41, 5.74) is -0.793. The fourth-order valence-electron chi connectivity index (χ4n) is 1.54. The van der Waals surface area contributed by atoms with Gasteiger partial charge >= 0.3 is 0 Å². The van der Waals surface area contributed by atoms with Gasteiger partial charge in [-0.15, -0.1) is 0 Å². The molecule has 0 spiro atoms. The molecule has 2 N–H and O–H groups in total. The zero-order valence-corrected chi connectivity index (χ0v) is 12.0. The highest BCUT2D eigenvalue weighted by atomic mass is 32.2. The minimum atomic E-state index is -0.986. The third kappa shape index (κ3) is 4.72.